The fourth-order valence-electron chi connectivity index (χ4n) is 3.06. The van der Waals surface area contributed by atoms with Crippen molar-refractivity contribution in [1.82, 2.24) is 19.6 Å². The zero-order chi connectivity index (χ0) is 20.3. The van der Waals surface area contributed by atoms with Gasteiger partial charge in [0.15, 0.2) is 5.02 Å². The van der Waals surface area contributed by atoms with Crippen molar-refractivity contribution in [3.8, 4) is 0 Å². The number of piperazine rings is 1. The van der Waals surface area contributed by atoms with E-state index in [4.69, 9.17) is 34.8 Å². The maximum absolute atomic E-state index is 12.4. The minimum atomic E-state index is -0.648. The van der Waals surface area contributed by atoms with Gasteiger partial charge in [0.2, 0.25) is 5.91 Å². The van der Waals surface area contributed by atoms with E-state index in [1.807, 2.05) is 18.2 Å². The van der Waals surface area contributed by atoms with Crippen LogP contribution in [0, 0.1) is 10.1 Å². The van der Waals surface area contributed by atoms with Gasteiger partial charge in [0, 0.05) is 54.8 Å². The van der Waals surface area contributed by atoms with Gasteiger partial charge >= 0.3 is 5.82 Å². The van der Waals surface area contributed by atoms with Crippen LogP contribution in [0.15, 0.2) is 24.4 Å². The zero-order valence-corrected chi connectivity index (χ0v) is 17.1. The molecule has 0 aliphatic carbocycles. The number of rotatable bonds is 6. The summed E-state index contributed by atoms with van der Waals surface area (Å²) >= 11 is 18.2. The second-order valence-electron chi connectivity index (χ2n) is 6.43. The van der Waals surface area contributed by atoms with Crippen molar-refractivity contribution >= 4 is 46.5 Å². The largest absolute Gasteiger partial charge is 0.408 e. The van der Waals surface area contributed by atoms with Gasteiger partial charge in [0.1, 0.15) is 0 Å². The molecule has 0 N–H and O–H groups in total. The molecule has 0 radical (unpaired) electrons. The minimum absolute atomic E-state index is 0.0234. The molecule has 2 aromatic rings. The van der Waals surface area contributed by atoms with Crippen LogP contribution in [0.5, 0.6) is 0 Å². The van der Waals surface area contributed by atoms with Crippen LogP contribution in [0.4, 0.5) is 5.82 Å². The summed E-state index contributed by atoms with van der Waals surface area (Å²) in [6.07, 6.45) is 1.56. The highest BCUT2D eigenvalue weighted by atomic mass is 35.5. The van der Waals surface area contributed by atoms with E-state index in [1.165, 1.54) is 10.9 Å². The van der Waals surface area contributed by atoms with Crippen molar-refractivity contribution in [2.45, 2.75) is 19.5 Å². The van der Waals surface area contributed by atoms with Crippen molar-refractivity contribution in [3.05, 3.63) is 55.1 Å². The average Bonchev–Trinajstić information content (AvgIpc) is 3.04. The molecule has 2 heterocycles. The number of aryl methyl sites for hydroxylation is 1. The molecule has 3 rings (SSSR count). The Morgan fingerprint density at radius 3 is 2.32 bits per heavy atom. The maximum atomic E-state index is 12.4. The summed E-state index contributed by atoms with van der Waals surface area (Å²) < 4.78 is 1.33. The lowest BCUT2D eigenvalue weighted by molar-refractivity contribution is -0.389. The zero-order valence-electron chi connectivity index (χ0n) is 14.9. The smallest absolute Gasteiger partial charge is 0.358 e. The highest BCUT2D eigenvalue weighted by molar-refractivity contribution is 6.36. The van der Waals surface area contributed by atoms with Crippen LogP contribution in [0.3, 0.4) is 0 Å². The Balaban J connectivity index is 1.48. The van der Waals surface area contributed by atoms with Gasteiger partial charge in [-0.3, -0.25) is 9.69 Å². The lowest BCUT2D eigenvalue weighted by Gasteiger charge is -2.35. The fraction of sp³-hybridized carbons (Fsp3) is 0.412. The third kappa shape index (κ3) is 4.94. The van der Waals surface area contributed by atoms with Crippen molar-refractivity contribution in [1.29, 1.82) is 0 Å². The number of amides is 1. The van der Waals surface area contributed by atoms with E-state index in [2.05, 4.69) is 10.00 Å². The Kier molecular flexibility index (Phi) is 6.77. The molecule has 11 heteroatoms. The van der Waals surface area contributed by atoms with Crippen LogP contribution in [-0.4, -0.2) is 56.6 Å². The van der Waals surface area contributed by atoms with Crippen LogP contribution >= 0.6 is 34.8 Å². The third-order valence-corrected chi connectivity index (χ3v) is 5.57. The number of nitro groups is 1. The number of hydrogen-bond donors (Lipinski definition) is 0. The highest BCUT2D eigenvalue weighted by Gasteiger charge is 2.24. The van der Waals surface area contributed by atoms with Gasteiger partial charge in [0.05, 0.1) is 17.8 Å². The predicted molar refractivity (Wildman–Crippen MR) is 107 cm³/mol. The standard InChI is InChI=1S/C17H18Cl3N5O3/c18-13-2-1-3-14(19)12(13)10-22-6-8-23(9-7-22)16(26)4-5-24-11-15(20)17(21-24)25(27)28/h1-3,11H,4-10H2. The van der Waals surface area contributed by atoms with Gasteiger partial charge in [-0.25, -0.2) is 0 Å². The number of hydrogen-bond acceptors (Lipinski definition) is 5. The molecule has 1 aliphatic rings. The van der Waals surface area contributed by atoms with Crippen molar-refractivity contribution in [3.63, 3.8) is 0 Å². The molecule has 0 atom stereocenters. The van der Waals surface area contributed by atoms with Crippen LogP contribution in [0.2, 0.25) is 15.1 Å². The summed E-state index contributed by atoms with van der Waals surface area (Å²) in [6.45, 7) is 3.50. The molecule has 8 nitrogen and oxygen atoms in total. The predicted octanol–water partition coefficient (Wildman–Crippen LogP) is 3.49. The second kappa shape index (κ2) is 9.09. The third-order valence-electron chi connectivity index (χ3n) is 4.60. The summed E-state index contributed by atoms with van der Waals surface area (Å²) in [6, 6.07) is 5.44. The molecule has 1 aromatic heterocycles. The Labute approximate surface area is 176 Å². The summed E-state index contributed by atoms with van der Waals surface area (Å²) in [5.74, 6) is -0.425. The van der Waals surface area contributed by atoms with Crippen molar-refractivity contribution < 1.29 is 9.72 Å². The summed E-state index contributed by atoms with van der Waals surface area (Å²) in [7, 11) is 0. The van der Waals surface area contributed by atoms with E-state index in [1.54, 1.807) is 4.90 Å². The number of nitrogens with zero attached hydrogens (tertiary/aromatic N) is 5. The Hall–Kier alpha value is -1.87. The first-order chi connectivity index (χ1) is 13.3. The fourth-order valence-corrected chi connectivity index (χ4v) is 3.79. The molecule has 0 spiro atoms. The molecule has 1 aromatic carbocycles. The SMILES string of the molecule is O=C(CCn1cc(Cl)c([N+](=O)[O-])n1)N1CCN(Cc2c(Cl)cccc2Cl)CC1. The van der Waals surface area contributed by atoms with Crippen molar-refractivity contribution in [2.24, 2.45) is 0 Å². The summed E-state index contributed by atoms with van der Waals surface area (Å²) in [5.41, 5.74) is 0.891. The average molecular weight is 447 g/mol. The summed E-state index contributed by atoms with van der Waals surface area (Å²) in [5, 5.41) is 15.8. The van der Waals surface area contributed by atoms with E-state index in [0.29, 0.717) is 42.8 Å². The van der Waals surface area contributed by atoms with Crippen LogP contribution in [-0.2, 0) is 17.9 Å². The first kappa shape index (κ1) is 20.9. The topological polar surface area (TPSA) is 84.5 Å². The minimum Gasteiger partial charge on any atom is -0.358 e. The quantitative estimate of drug-likeness (QED) is 0.501. The van der Waals surface area contributed by atoms with Crippen molar-refractivity contribution in [2.75, 3.05) is 26.2 Å². The molecule has 1 aliphatic heterocycles. The first-order valence-corrected chi connectivity index (χ1v) is 9.79. The lowest BCUT2D eigenvalue weighted by Crippen LogP contribution is -2.48. The van der Waals surface area contributed by atoms with Crippen LogP contribution < -0.4 is 0 Å². The van der Waals surface area contributed by atoms with E-state index in [-0.39, 0.29) is 23.9 Å². The van der Waals surface area contributed by atoms with Gasteiger partial charge in [-0.15, -0.1) is 0 Å². The molecule has 150 valence electrons. The highest BCUT2D eigenvalue weighted by Crippen LogP contribution is 2.26. The molecule has 0 bridgehead atoms. The Bertz CT molecular complexity index is 861. The van der Waals surface area contributed by atoms with E-state index in [0.717, 1.165) is 5.56 Å². The number of carbonyl (C=O) groups is 1. The molecule has 1 fully saturated rings. The molecule has 0 saturated carbocycles. The molecule has 28 heavy (non-hydrogen) atoms. The van der Waals surface area contributed by atoms with Crippen LogP contribution in [0.25, 0.3) is 0 Å². The van der Waals surface area contributed by atoms with Gasteiger partial charge in [-0.05, 0) is 17.1 Å². The second-order valence-corrected chi connectivity index (χ2v) is 7.65. The number of halogens is 3. The summed E-state index contributed by atoms with van der Waals surface area (Å²) in [4.78, 5) is 26.5. The molecule has 1 saturated heterocycles. The normalized spacial score (nSPS) is 15.0. The van der Waals surface area contributed by atoms with Gasteiger partial charge in [-0.2, -0.15) is 4.68 Å². The van der Waals surface area contributed by atoms with Gasteiger partial charge < -0.3 is 15.0 Å². The lowest BCUT2D eigenvalue weighted by atomic mass is 10.2. The number of carbonyl (C=O) groups excluding carboxylic acids is 1. The molecule has 0 unspecified atom stereocenters. The maximum Gasteiger partial charge on any atom is 0.408 e. The Morgan fingerprint density at radius 2 is 1.75 bits per heavy atom. The number of aromatic nitrogens is 2. The first-order valence-electron chi connectivity index (χ1n) is 8.65. The van der Waals surface area contributed by atoms with Gasteiger partial charge in [-0.1, -0.05) is 40.9 Å². The van der Waals surface area contributed by atoms with E-state index >= 15 is 0 Å². The molecular formula is C17H18Cl3N5O3. The van der Waals surface area contributed by atoms with E-state index in [9.17, 15) is 14.9 Å². The number of benzene rings is 1. The Morgan fingerprint density at radius 1 is 1.11 bits per heavy atom. The van der Waals surface area contributed by atoms with Crippen LogP contribution in [0.1, 0.15) is 12.0 Å². The van der Waals surface area contributed by atoms with Gasteiger partial charge in [0.25, 0.3) is 0 Å². The monoisotopic (exact) mass is 445 g/mol. The molecular weight excluding hydrogens is 429 g/mol. The van der Waals surface area contributed by atoms with E-state index < -0.39 is 10.7 Å². The molecule has 1 amide bonds.